The van der Waals surface area contributed by atoms with Crippen molar-refractivity contribution < 1.29 is 22.7 Å². The Balaban J connectivity index is 1.44. The first-order chi connectivity index (χ1) is 16.1. The van der Waals surface area contributed by atoms with E-state index in [-0.39, 0.29) is 12.5 Å². The van der Waals surface area contributed by atoms with E-state index in [1.165, 1.54) is 6.07 Å². The Bertz CT molecular complexity index is 1050. The third-order valence-corrected chi connectivity index (χ3v) is 6.81. The van der Waals surface area contributed by atoms with Crippen LogP contribution in [-0.2, 0) is 17.5 Å². The van der Waals surface area contributed by atoms with Gasteiger partial charge in [0.15, 0.2) is 5.11 Å². The number of amides is 1. The van der Waals surface area contributed by atoms with Gasteiger partial charge < -0.3 is 19.9 Å². The lowest BCUT2D eigenvalue weighted by Gasteiger charge is -2.45. The van der Waals surface area contributed by atoms with E-state index in [1.54, 1.807) is 25.0 Å². The number of anilines is 1. The van der Waals surface area contributed by atoms with Gasteiger partial charge in [-0.15, -0.1) is 0 Å². The van der Waals surface area contributed by atoms with Crippen molar-refractivity contribution in [2.24, 2.45) is 0 Å². The molecular weight excluding hydrogens is 465 g/mol. The Morgan fingerprint density at radius 2 is 1.88 bits per heavy atom. The van der Waals surface area contributed by atoms with Gasteiger partial charge in [-0.1, -0.05) is 12.1 Å². The number of halogens is 3. The van der Waals surface area contributed by atoms with Crippen molar-refractivity contribution in [2.75, 3.05) is 25.5 Å². The molecule has 2 aromatic carbocycles. The van der Waals surface area contributed by atoms with Crippen LogP contribution in [0.2, 0.25) is 0 Å². The highest BCUT2D eigenvalue weighted by atomic mass is 32.1. The first-order valence-corrected chi connectivity index (χ1v) is 11.5. The molecule has 2 aliphatic rings. The van der Waals surface area contributed by atoms with Gasteiger partial charge >= 0.3 is 6.18 Å². The summed E-state index contributed by atoms with van der Waals surface area (Å²) in [7, 11) is 1.61. The lowest BCUT2D eigenvalue weighted by Crippen LogP contribution is -2.59. The average molecular weight is 493 g/mol. The van der Waals surface area contributed by atoms with Crippen molar-refractivity contribution in [3.8, 4) is 5.75 Å². The molecule has 0 saturated carbocycles. The Morgan fingerprint density at radius 3 is 2.50 bits per heavy atom. The van der Waals surface area contributed by atoms with Crippen LogP contribution in [0.15, 0.2) is 48.5 Å². The van der Waals surface area contributed by atoms with Crippen molar-refractivity contribution >= 4 is 28.9 Å². The number of rotatable bonds is 4. The number of hydrogen-bond acceptors (Lipinski definition) is 4. The lowest BCUT2D eigenvalue weighted by molar-refractivity contribution is -0.137. The predicted octanol–water partition coefficient (Wildman–Crippen LogP) is 4.22. The number of benzene rings is 2. The molecule has 0 aromatic heterocycles. The summed E-state index contributed by atoms with van der Waals surface area (Å²) >= 11 is 5.59. The van der Waals surface area contributed by atoms with Gasteiger partial charge in [-0.25, -0.2) is 0 Å². The number of alkyl halides is 3. The van der Waals surface area contributed by atoms with Crippen LogP contribution in [0, 0.1) is 0 Å². The highest BCUT2D eigenvalue weighted by Gasteiger charge is 2.50. The molecule has 34 heavy (non-hydrogen) atoms. The van der Waals surface area contributed by atoms with Gasteiger partial charge in [0.05, 0.1) is 24.4 Å². The summed E-state index contributed by atoms with van der Waals surface area (Å²) < 4.78 is 44.6. The van der Waals surface area contributed by atoms with E-state index in [0.717, 1.165) is 23.6 Å². The monoisotopic (exact) mass is 492 g/mol. The van der Waals surface area contributed by atoms with E-state index >= 15 is 0 Å². The van der Waals surface area contributed by atoms with Crippen LogP contribution in [0.25, 0.3) is 0 Å². The normalized spacial score (nSPS) is 20.0. The number of nitrogens with one attached hydrogen (secondary N) is 2. The molecule has 0 bridgehead atoms. The molecule has 10 heteroatoms. The van der Waals surface area contributed by atoms with Crippen molar-refractivity contribution in [2.45, 2.75) is 44.2 Å². The first kappa shape index (κ1) is 24.3. The number of hydrogen-bond donors (Lipinski definition) is 2. The molecule has 1 atom stereocenters. The Hall–Kier alpha value is -2.85. The summed E-state index contributed by atoms with van der Waals surface area (Å²) in [4.78, 5) is 16.7. The van der Waals surface area contributed by atoms with Crippen molar-refractivity contribution in [1.82, 2.24) is 15.1 Å². The van der Waals surface area contributed by atoms with E-state index in [9.17, 15) is 18.0 Å². The van der Waals surface area contributed by atoms with Gasteiger partial charge in [0.2, 0.25) is 5.91 Å². The van der Waals surface area contributed by atoms with Crippen LogP contribution in [-0.4, -0.2) is 52.7 Å². The molecule has 1 spiro atoms. The zero-order valence-electron chi connectivity index (χ0n) is 19.0. The zero-order chi connectivity index (χ0) is 24.5. The summed E-state index contributed by atoms with van der Waals surface area (Å²) in [6.45, 7) is 3.12. The van der Waals surface area contributed by atoms with Crippen LogP contribution >= 0.6 is 12.2 Å². The number of methoxy groups -OCH3 is 1. The first-order valence-electron chi connectivity index (χ1n) is 11.1. The number of nitrogens with zero attached hydrogens (tertiary/aromatic N) is 2. The minimum atomic E-state index is -4.42. The van der Waals surface area contributed by atoms with Crippen LogP contribution < -0.4 is 15.4 Å². The number of carbonyl (C=O) groups is 1. The van der Waals surface area contributed by atoms with E-state index in [0.29, 0.717) is 36.6 Å². The fourth-order valence-electron chi connectivity index (χ4n) is 4.62. The lowest BCUT2D eigenvalue weighted by atomic mass is 9.95. The molecular formula is C24H27F3N4O2S. The average Bonchev–Trinajstić information content (AvgIpc) is 3.03. The minimum Gasteiger partial charge on any atom is -0.497 e. The molecule has 2 fully saturated rings. The summed E-state index contributed by atoms with van der Waals surface area (Å²) in [6, 6.07) is 12.2. The summed E-state index contributed by atoms with van der Waals surface area (Å²) in [5.41, 5.74) is -0.0224. The van der Waals surface area contributed by atoms with Gasteiger partial charge in [0.1, 0.15) is 5.75 Å². The minimum absolute atomic E-state index is 0.107. The summed E-state index contributed by atoms with van der Waals surface area (Å²) in [5, 5.41) is 7.22. The number of carbonyl (C=O) groups excluding carboxylic acids is 1. The van der Waals surface area contributed by atoms with Crippen LogP contribution in [0.1, 0.15) is 30.9 Å². The number of thiocarbonyl (C=S) groups is 1. The topological polar surface area (TPSA) is 56.8 Å². The molecule has 2 aliphatic heterocycles. The molecule has 2 saturated heterocycles. The molecule has 0 aliphatic carbocycles. The van der Waals surface area contributed by atoms with Gasteiger partial charge in [-0.2, -0.15) is 13.2 Å². The Labute approximate surface area is 202 Å². The fraction of sp³-hybridized carbons (Fsp3) is 0.417. The zero-order valence-corrected chi connectivity index (χ0v) is 19.8. The second-order valence-corrected chi connectivity index (χ2v) is 9.05. The molecule has 1 amide bonds. The number of ether oxygens (including phenoxy) is 1. The quantitative estimate of drug-likeness (QED) is 0.624. The number of piperidine rings is 1. The smallest absolute Gasteiger partial charge is 0.416 e. The van der Waals surface area contributed by atoms with Gasteiger partial charge in [0.25, 0.3) is 0 Å². The van der Waals surface area contributed by atoms with E-state index < -0.39 is 23.4 Å². The van der Waals surface area contributed by atoms with Gasteiger partial charge in [-0.3, -0.25) is 10.1 Å². The van der Waals surface area contributed by atoms with Gasteiger partial charge in [-0.05, 0) is 61.1 Å². The van der Waals surface area contributed by atoms with Crippen molar-refractivity contribution in [3.63, 3.8) is 0 Å². The van der Waals surface area contributed by atoms with Crippen LogP contribution in [0.3, 0.4) is 0 Å². The third-order valence-electron chi connectivity index (χ3n) is 6.45. The maximum Gasteiger partial charge on any atom is 0.416 e. The largest absolute Gasteiger partial charge is 0.497 e. The van der Waals surface area contributed by atoms with Crippen molar-refractivity contribution in [3.05, 3.63) is 59.7 Å². The van der Waals surface area contributed by atoms with Crippen LogP contribution in [0.5, 0.6) is 5.75 Å². The van der Waals surface area contributed by atoms with Crippen LogP contribution in [0.4, 0.5) is 18.9 Å². The third kappa shape index (κ3) is 4.97. The highest BCUT2D eigenvalue weighted by Crippen LogP contribution is 2.35. The maximum atomic E-state index is 13.2. The molecule has 2 aromatic rings. The molecule has 4 rings (SSSR count). The standard InChI is InChI=1S/C24H27F3N4O2S/c1-16-21(32)31(15-17-4-3-5-18(14-17)24(25,26)27)23(29-16)10-12-30(13-11-23)22(34)28-19-6-8-20(33-2)9-7-19/h3-9,14,16,29H,10-13,15H2,1-2H3,(H,28,34). The molecule has 182 valence electrons. The SMILES string of the molecule is COc1ccc(NC(=S)N2CCC3(CC2)NC(C)C(=O)N3Cc2cccc(C(F)(F)F)c2)cc1. The van der Waals surface area contributed by atoms with E-state index in [4.69, 9.17) is 17.0 Å². The second-order valence-electron chi connectivity index (χ2n) is 8.67. The highest BCUT2D eigenvalue weighted by molar-refractivity contribution is 7.80. The summed E-state index contributed by atoms with van der Waals surface area (Å²) in [6.07, 6.45) is -3.22. The maximum absolute atomic E-state index is 13.2. The predicted molar refractivity (Wildman–Crippen MR) is 127 cm³/mol. The number of likely N-dealkylation sites (tertiary alicyclic amines) is 1. The molecule has 6 nitrogen and oxygen atoms in total. The molecule has 2 N–H and O–H groups in total. The summed E-state index contributed by atoms with van der Waals surface area (Å²) in [5.74, 6) is 0.646. The Morgan fingerprint density at radius 1 is 1.21 bits per heavy atom. The Kier molecular flexibility index (Phi) is 6.73. The fourth-order valence-corrected chi connectivity index (χ4v) is 4.92. The van der Waals surface area contributed by atoms with E-state index in [2.05, 4.69) is 10.6 Å². The second kappa shape index (κ2) is 9.42. The molecule has 1 unspecified atom stereocenters. The molecule has 0 radical (unpaired) electrons. The molecule has 2 heterocycles. The van der Waals surface area contributed by atoms with Gasteiger partial charge in [0, 0.05) is 38.2 Å². The van der Waals surface area contributed by atoms with E-state index in [1.807, 2.05) is 29.2 Å². The van der Waals surface area contributed by atoms with Crippen molar-refractivity contribution in [1.29, 1.82) is 0 Å².